The van der Waals surface area contributed by atoms with Crippen LogP contribution in [0.5, 0.6) is 5.75 Å². The first-order valence-corrected chi connectivity index (χ1v) is 17.1. The molecule has 3 fully saturated rings. The molecule has 0 amide bonds. The van der Waals surface area contributed by atoms with Crippen LogP contribution in [0.4, 0.5) is 22.0 Å². The maximum Gasteiger partial charge on any atom is 0.416 e. The average Bonchev–Trinajstić information content (AvgIpc) is 3.46. The van der Waals surface area contributed by atoms with Crippen molar-refractivity contribution in [2.24, 2.45) is 11.8 Å². The number of sulfonamides is 1. The summed E-state index contributed by atoms with van der Waals surface area (Å²) in [4.78, 5) is 1.72. The number of ether oxygens (including phenoxy) is 1. The number of rotatable bonds is 5. The van der Waals surface area contributed by atoms with Crippen molar-refractivity contribution in [3.8, 4) is 5.75 Å². The third-order valence-corrected chi connectivity index (χ3v) is 14.1. The minimum Gasteiger partial charge on any atom is -0.490 e. The zero-order valence-electron chi connectivity index (χ0n) is 22.5. The number of alkyl halides is 3. The van der Waals surface area contributed by atoms with E-state index in [1.54, 1.807) is 0 Å². The van der Waals surface area contributed by atoms with Gasteiger partial charge in [-0.2, -0.15) is 13.2 Å². The van der Waals surface area contributed by atoms with E-state index >= 15 is 4.39 Å². The van der Waals surface area contributed by atoms with E-state index in [-0.39, 0.29) is 33.3 Å². The standard InChI is InChI=1S/C28H31F5N2O5S2.CH4/c29-22-7-8-23(30)26-25(22)27(41(36,37)18-5-3-17(4-6-18)28(31,32)33)11-9-24-20(21(27)16-40-26)15-19(42(38,39)34-24)10-14-35-12-1-2-13-35;/h3-8,19-21,24,34H,1-2,9-16H2;1H4/t19-,20+,21+,24-,27+;/m1./s1. The molecule has 0 radical (unpaired) electrons. The Hall–Kier alpha value is -2.29. The molecule has 238 valence electrons. The third kappa shape index (κ3) is 5.25. The first-order valence-electron chi connectivity index (χ1n) is 14.0. The summed E-state index contributed by atoms with van der Waals surface area (Å²) in [6.07, 6.45) is -2.49. The van der Waals surface area contributed by atoms with Crippen molar-refractivity contribution in [2.45, 2.75) is 73.1 Å². The minimum atomic E-state index is -4.70. The Kier molecular flexibility index (Phi) is 8.41. The van der Waals surface area contributed by atoms with Gasteiger partial charge in [-0.15, -0.1) is 0 Å². The molecule has 1 aliphatic carbocycles. The van der Waals surface area contributed by atoms with E-state index in [0.29, 0.717) is 25.1 Å². The molecule has 0 bridgehead atoms. The molecule has 7 nitrogen and oxygen atoms in total. The lowest BCUT2D eigenvalue weighted by Gasteiger charge is -2.55. The van der Waals surface area contributed by atoms with Crippen molar-refractivity contribution in [3.05, 3.63) is 59.2 Å². The van der Waals surface area contributed by atoms with Crippen LogP contribution in [0.3, 0.4) is 0 Å². The number of sulfone groups is 1. The fourth-order valence-electron chi connectivity index (χ4n) is 7.53. The topological polar surface area (TPSA) is 92.8 Å². The fraction of sp³-hybridized carbons (Fsp3) is 0.586. The van der Waals surface area contributed by atoms with E-state index in [1.807, 2.05) is 0 Å². The van der Waals surface area contributed by atoms with Crippen molar-refractivity contribution < 1.29 is 43.5 Å². The molecular weight excluding hydrogens is 615 g/mol. The molecule has 43 heavy (non-hydrogen) atoms. The van der Waals surface area contributed by atoms with Crippen LogP contribution in [0.25, 0.3) is 0 Å². The molecule has 3 heterocycles. The summed E-state index contributed by atoms with van der Waals surface area (Å²) in [6.45, 7) is 1.98. The highest BCUT2D eigenvalue weighted by atomic mass is 32.2. The van der Waals surface area contributed by atoms with Gasteiger partial charge in [0, 0.05) is 12.0 Å². The Bertz CT molecular complexity index is 1580. The lowest BCUT2D eigenvalue weighted by atomic mass is 9.64. The zero-order valence-corrected chi connectivity index (χ0v) is 24.2. The van der Waals surface area contributed by atoms with Gasteiger partial charge in [0.25, 0.3) is 0 Å². The number of fused-ring (bicyclic) bond motifs is 5. The molecule has 0 spiro atoms. The SMILES string of the molecule is C.O=S1(=O)N[C@@H]2CC[C@@]3(S(=O)(=O)c4ccc(C(F)(F)F)cc4)c4c(F)ccc(F)c4OC[C@H]3[C@@H]2C[C@H]1CCN1CCCC1. The molecule has 6 rings (SSSR count). The molecule has 0 unspecified atom stereocenters. The normalized spacial score (nSPS) is 30.3. The van der Waals surface area contributed by atoms with Gasteiger partial charge >= 0.3 is 6.18 Å². The number of hydrogen-bond acceptors (Lipinski definition) is 6. The van der Waals surface area contributed by atoms with Gasteiger partial charge in [-0.1, -0.05) is 7.43 Å². The largest absolute Gasteiger partial charge is 0.490 e. The van der Waals surface area contributed by atoms with Crippen LogP contribution in [0.1, 0.15) is 57.1 Å². The number of hydrogen-bond donors (Lipinski definition) is 1. The first-order chi connectivity index (χ1) is 19.8. The lowest BCUT2D eigenvalue weighted by molar-refractivity contribution is -0.137. The van der Waals surface area contributed by atoms with Crippen molar-refractivity contribution in [2.75, 3.05) is 26.2 Å². The number of likely N-dealkylation sites (tertiary alicyclic amines) is 1. The van der Waals surface area contributed by atoms with Crippen LogP contribution < -0.4 is 9.46 Å². The van der Waals surface area contributed by atoms with Crippen LogP contribution >= 0.6 is 0 Å². The Balaban J connectivity index is 0.00000368. The first kappa shape index (κ1) is 32.1. The van der Waals surface area contributed by atoms with E-state index in [0.717, 1.165) is 50.2 Å². The average molecular weight is 651 g/mol. The molecule has 4 aliphatic rings. The number of halogens is 5. The van der Waals surface area contributed by atoms with Crippen molar-refractivity contribution >= 4 is 19.9 Å². The predicted octanol–water partition coefficient (Wildman–Crippen LogP) is 5.25. The number of benzene rings is 2. The second kappa shape index (κ2) is 11.3. The maximum atomic E-state index is 15.7. The third-order valence-electron chi connectivity index (χ3n) is 9.58. The van der Waals surface area contributed by atoms with Crippen LogP contribution in [0, 0.1) is 23.5 Å². The van der Waals surface area contributed by atoms with Crippen molar-refractivity contribution in [1.29, 1.82) is 0 Å². The summed E-state index contributed by atoms with van der Waals surface area (Å²) in [7, 11) is -8.39. The lowest BCUT2D eigenvalue weighted by Crippen LogP contribution is -2.64. The highest BCUT2D eigenvalue weighted by Gasteiger charge is 2.64. The van der Waals surface area contributed by atoms with Crippen LogP contribution in [-0.4, -0.2) is 59.3 Å². The molecule has 5 atom stereocenters. The van der Waals surface area contributed by atoms with Gasteiger partial charge < -0.3 is 9.64 Å². The molecule has 3 aliphatic heterocycles. The second-order valence-electron chi connectivity index (χ2n) is 11.7. The molecular formula is C29H35F5N2O5S2. The Morgan fingerprint density at radius 3 is 2.33 bits per heavy atom. The van der Waals surface area contributed by atoms with E-state index in [4.69, 9.17) is 4.74 Å². The summed E-state index contributed by atoms with van der Waals surface area (Å²) in [6, 6.07) is 3.97. The van der Waals surface area contributed by atoms with Gasteiger partial charge in [-0.05, 0) is 100 Å². The number of nitrogens with zero attached hydrogens (tertiary/aromatic N) is 1. The summed E-state index contributed by atoms with van der Waals surface area (Å²) in [5.74, 6) is -4.11. The van der Waals surface area contributed by atoms with Crippen LogP contribution in [-0.2, 0) is 30.8 Å². The van der Waals surface area contributed by atoms with Crippen molar-refractivity contribution in [1.82, 2.24) is 9.62 Å². The molecule has 2 aromatic carbocycles. The van der Waals surface area contributed by atoms with E-state index < -0.39 is 87.3 Å². The molecule has 1 N–H and O–H groups in total. The zero-order chi connectivity index (χ0) is 30.1. The summed E-state index contributed by atoms with van der Waals surface area (Å²) < 4.78 is 132. The monoisotopic (exact) mass is 650 g/mol. The van der Waals surface area contributed by atoms with E-state index in [2.05, 4.69) is 9.62 Å². The van der Waals surface area contributed by atoms with Gasteiger partial charge in [-0.3, -0.25) is 0 Å². The highest BCUT2D eigenvalue weighted by Crippen LogP contribution is 2.59. The summed E-state index contributed by atoms with van der Waals surface area (Å²) >= 11 is 0. The Morgan fingerprint density at radius 1 is 1.02 bits per heavy atom. The molecule has 0 aromatic heterocycles. The van der Waals surface area contributed by atoms with Gasteiger partial charge in [0.05, 0.1) is 27.9 Å². The van der Waals surface area contributed by atoms with E-state index in [9.17, 15) is 34.4 Å². The van der Waals surface area contributed by atoms with E-state index in [1.165, 1.54) is 0 Å². The highest BCUT2D eigenvalue weighted by molar-refractivity contribution is 7.92. The smallest absolute Gasteiger partial charge is 0.416 e. The Morgan fingerprint density at radius 2 is 1.67 bits per heavy atom. The second-order valence-corrected chi connectivity index (χ2v) is 15.9. The molecule has 2 aromatic rings. The van der Waals surface area contributed by atoms with Gasteiger partial charge in [0.2, 0.25) is 10.0 Å². The molecule has 1 saturated carbocycles. The van der Waals surface area contributed by atoms with Crippen molar-refractivity contribution in [3.63, 3.8) is 0 Å². The van der Waals surface area contributed by atoms with Gasteiger partial charge in [0.1, 0.15) is 10.6 Å². The molecule has 14 heteroatoms. The quantitative estimate of drug-likeness (QED) is 0.445. The minimum absolute atomic E-state index is 0. The summed E-state index contributed by atoms with van der Waals surface area (Å²) in [5, 5.41) is -0.831. The fourth-order valence-corrected chi connectivity index (χ4v) is 11.7. The molecule has 2 saturated heterocycles. The van der Waals surface area contributed by atoms with Gasteiger partial charge in [0.15, 0.2) is 21.4 Å². The van der Waals surface area contributed by atoms with Gasteiger partial charge in [-0.25, -0.2) is 30.3 Å². The predicted molar refractivity (Wildman–Crippen MR) is 150 cm³/mol. The number of nitrogens with one attached hydrogen (secondary N) is 1. The Labute approximate surface area is 248 Å². The summed E-state index contributed by atoms with van der Waals surface area (Å²) in [5.41, 5.74) is -1.54. The maximum absolute atomic E-state index is 15.7. The van der Waals surface area contributed by atoms with Crippen LogP contribution in [0.15, 0.2) is 41.3 Å². The van der Waals surface area contributed by atoms with Crippen LogP contribution in [0.2, 0.25) is 0 Å².